The molecule has 0 aliphatic rings. The highest BCUT2D eigenvalue weighted by molar-refractivity contribution is 7.19. The Morgan fingerprint density at radius 3 is 2.23 bits per heavy atom. The molecule has 22 heavy (non-hydrogen) atoms. The van der Waals surface area contributed by atoms with Crippen LogP contribution in [0.2, 0.25) is 0 Å². The van der Waals surface area contributed by atoms with Crippen LogP contribution in [0, 0.1) is 17.0 Å². The fourth-order valence-electron chi connectivity index (χ4n) is 2.17. The van der Waals surface area contributed by atoms with E-state index in [-0.39, 0.29) is 5.69 Å². The molecule has 3 rings (SSSR count). The van der Waals surface area contributed by atoms with Gasteiger partial charge in [-0.3, -0.25) is 10.1 Å². The van der Waals surface area contributed by atoms with E-state index in [1.54, 1.807) is 12.1 Å². The van der Waals surface area contributed by atoms with Crippen LogP contribution in [-0.2, 0) is 0 Å². The SMILES string of the molecule is Cc1ccc(-c2nc(N)sc2-c2ccc([N+](=O)[O-])cc2)cc1. The highest BCUT2D eigenvalue weighted by Crippen LogP contribution is 2.38. The first-order chi connectivity index (χ1) is 10.5. The zero-order valence-corrected chi connectivity index (χ0v) is 12.6. The molecule has 6 heteroatoms. The summed E-state index contributed by atoms with van der Waals surface area (Å²) in [5.74, 6) is 0. The van der Waals surface area contributed by atoms with Gasteiger partial charge in [-0.2, -0.15) is 0 Å². The van der Waals surface area contributed by atoms with Crippen LogP contribution >= 0.6 is 11.3 Å². The van der Waals surface area contributed by atoms with Crippen LogP contribution in [0.3, 0.4) is 0 Å². The number of benzene rings is 2. The van der Waals surface area contributed by atoms with E-state index in [9.17, 15) is 10.1 Å². The van der Waals surface area contributed by atoms with Crippen LogP contribution in [0.5, 0.6) is 0 Å². The largest absolute Gasteiger partial charge is 0.375 e. The number of rotatable bonds is 3. The van der Waals surface area contributed by atoms with Crippen molar-refractivity contribution in [2.75, 3.05) is 5.73 Å². The number of anilines is 1. The van der Waals surface area contributed by atoms with Gasteiger partial charge in [-0.15, -0.1) is 0 Å². The molecule has 2 aromatic carbocycles. The molecule has 0 unspecified atom stereocenters. The Bertz CT molecular complexity index is 824. The Morgan fingerprint density at radius 1 is 1.05 bits per heavy atom. The van der Waals surface area contributed by atoms with Crippen LogP contribution in [0.1, 0.15) is 5.56 Å². The van der Waals surface area contributed by atoms with E-state index in [0.717, 1.165) is 21.7 Å². The Balaban J connectivity index is 2.07. The molecule has 0 aliphatic carbocycles. The second-order valence-corrected chi connectivity index (χ2v) is 5.93. The number of nitrogens with zero attached hydrogens (tertiary/aromatic N) is 2. The molecule has 0 atom stereocenters. The third-order valence-electron chi connectivity index (χ3n) is 3.31. The maximum absolute atomic E-state index is 10.7. The number of thiazole rings is 1. The van der Waals surface area contributed by atoms with Gasteiger partial charge < -0.3 is 5.73 Å². The molecule has 0 bridgehead atoms. The van der Waals surface area contributed by atoms with Gasteiger partial charge in [-0.1, -0.05) is 41.2 Å². The van der Waals surface area contributed by atoms with Gasteiger partial charge in [0.25, 0.3) is 5.69 Å². The minimum absolute atomic E-state index is 0.0677. The summed E-state index contributed by atoms with van der Waals surface area (Å²) in [5, 5.41) is 11.2. The van der Waals surface area contributed by atoms with Crippen molar-refractivity contribution in [3.05, 3.63) is 64.2 Å². The third-order valence-corrected chi connectivity index (χ3v) is 4.24. The van der Waals surface area contributed by atoms with Crippen molar-refractivity contribution in [1.82, 2.24) is 4.98 Å². The summed E-state index contributed by atoms with van der Waals surface area (Å²) >= 11 is 1.38. The van der Waals surface area contributed by atoms with Crippen molar-refractivity contribution < 1.29 is 4.92 Å². The molecule has 0 radical (unpaired) electrons. The normalized spacial score (nSPS) is 10.6. The lowest BCUT2D eigenvalue weighted by Crippen LogP contribution is -1.87. The lowest BCUT2D eigenvalue weighted by atomic mass is 10.1. The van der Waals surface area contributed by atoms with Gasteiger partial charge in [0, 0.05) is 17.7 Å². The molecule has 0 spiro atoms. The average molecular weight is 311 g/mol. The van der Waals surface area contributed by atoms with Crippen molar-refractivity contribution >= 4 is 22.2 Å². The monoisotopic (exact) mass is 311 g/mol. The Hall–Kier alpha value is -2.73. The molecule has 0 saturated heterocycles. The molecule has 0 saturated carbocycles. The average Bonchev–Trinajstić information content (AvgIpc) is 2.90. The Morgan fingerprint density at radius 2 is 1.64 bits per heavy atom. The summed E-state index contributed by atoms with van der Waals surface area (Å²) < 4.78 is 0. The Labute approximate surface area is 131 Å². The van der Waals surface area contributed by atoms with Gasteiger partial charge in [0.05, 0.1) is 15.5 Å². The molecule has 0 fully saturated rings. The summed E-state index contributed by atoms with van der Waals surface area (Å²) in [6.45, 7) is 2.02. The topological polar surface area (TPSA) is 82.0 Å². The fourth-order valence-corrected chi connectivity index (χ4v) is 3.03. The zero-order valence-electron chi connectivity index (χ0n) is 11.8. The lowest BCUT2D eigenvalue weighted by Gasteiger charge is -2.03. The minimum Gasteiger partial charge on any atom is -0.375 e. The van der Waals surface area contributed by atoms with E-state index >= 15 is 0 Å². The maximum Gasteiger partial charge on any atom is 0.269 e. The quantitative estimate of drug-likeness (QED) is 0.578. The van der Waals surface area contributed by atoms with Gasteiger partial charge in [0.15, 0.2) is 5.13 Å². The van der Waals surface area contributed by atoms with Crippen LogP contribution in [0.4, 0.5) is 10.8 Å². The van der Waals surface area contributed by atoms with Gasteiger partial charge in [-0.25, -0.2) is 4.98 Å². The number of hydrogen-bond acceptors (Lipinski definition) is 5. The van der Waals surface area contributed by atoms with Crippen molar-refractivity contribution in [3.63, 3.8) is 0 Å². The Kier molecular flexibility index (Phi) is 3.60. The molecule has 3 aromatic rings. The van der Waals surface area contributed by atoms with Crippen molar-refractivity contribution in [3.8, 4) is 21.7 Å². The van der Waals surface area contributed by atoms with E-state index < -0.39 is 4.92 Å². The van der Waals surface area contributed by atoms with Gasteiger partial charge in [0.1, 0.15) is 0 Å². The van der Waals surface area contributed by atoms with Crippen LogP contribution in [-0.4, -0.2) is 9.91 Å². The minimum atomic E-state index is -0.411. The number of nitrogen functional groups attached to an aromatic ring is 1. The molecular weight excluding hydrogens is 298 g/mol. The number of nitrogens with two attached hydrogens (primary N) is 1. The zero-order chi connectivity index (χ0) is 15.7. The summed E-state index contributed by atoms with van der Waals surface area (Å²) in [6.07, 6.45) is 0. The summed E-state index contributed by atoms with van der Waals surface area (Å²) in [7, 11) is 0. The van der Waals surface area contributed by atoms with E-state index in [2.05, 4.69) is 4.98 Å². The van der Waals surface area contributed by atoms with Crippen LogP contribution in [0.25, 0.3) is 21.7 Å². The lowest BCUT2D eigenvalue weighted by molar-refractivity contribution is -0.384. The molecule has 2 N–H and O–H groups in total. The smallest absolute Gasteiger partial charge is 0.269 e. The number of nitro groups is 1. The standard InChI is InChI=1S/C16H13N3O2S/c1-10-2-4-11(5-3-10)14-15(22-16(17)18-14)12-6-8-13(9-7-12)19(20)21/h2-9H,1H3,(H2,17,18). The fraction of sp³-hybridized carbons (Fsp3) is 0.0625. The number of non-ortho nitro benzene ring substituents is 1. The summed E-state index contributed by atoms with van der Waals surface area (Å²) in [6, 6.07) is 14.5. The predicted octanol–water partition coefficient (Wildman–Crippen LogP) is 4.28. The first-order valence-corrected chi connectivity index (χ1v) is 7.44. The maximum atomic E-state index is 10.7. The van der Waals surface area contributed by atoms with E-state index in [0.29, 0.717) is 5.13 Å². The van der Waals surface area contributed by atoms with Gasteiger partial charge in [0.2, 0.25) is 0 Å². The molecule has 5 nitrogen and oxygen atoms in total. The number of aromatic nitrogens is 1. The molecular formula is C16H13N3O2S. The van der Waals surface area contributed by atoms with E-state index in [1.165, 1.54) is 29.0 Å². The molecule has 1 aromatic heterocycles. The highest BCUT2D eigenvalue weighted by atomic mass is 32.1. The molecule has 0 amide bonds. The van der Waals surface area contributed by atoms with Crippen molar-refractivity contribution in [2.45, 2.75) is 6.92 Å². The third kappa shape index (κ3) is 2.68. The first-order valence-electron chi connectivity index (χ1n) is 6.63. The van der Waals surface area contributed by atoms with Gasteiger partial charge in [-0.05, 0) is 24.6 Å². The predicted molar refractivity (Wildman–Crippen MR) is 88.8 cm³/mol. The molecule has 110 valence electrons. The summed E-state index contributed by atoms with van der Waals surface area (Å²) in [5.41, 5.74) is 9.75. The summed E-state index contributed by atoms with van der Waals surface area (Å²) in [4.78, 5) is 15.7. The first kappa shape index (κ1) is 14.2. The van der Waals surface area contributed by atoms with Crippen molar-refractivity contribution in [2.24, 2.45) is 0 Å². The van der Waals surface area contributed by atoms with Gasteiger partial charge >= 0.3 is 0 Å². The molecule has 0 aliphatic heterocycles. The van der Waals surface area contributed by atoms with Crippen LogP contribution < -0.4 is 5.73 Å². The second-order valence-electron chi connectivity index (χ2n) is 4.90. The number of hydrogen-bond donors (Lipinski definition) is 1. The van der Waals surface area contributed by atoms with E-state index in [1.807, 2.05) is 31.2 Å². The van der Waals surface area contributed by atoms with Crippen LogP contribution in [0.15, 0.2) is 48.5 Å². The molecule has 1 heterocycles. The second kappa shape index (κ2) is 5.57. The highest BCUT2D eigenvalue weighted by Gasteiger charge is 2.15. The van der Waals surface area contributed by atoms with E-state index in [4.69, 9.17) is 5.73 Å². The number of nitro benzene ring substituents is 1. The number of aryl methyl sites for hydroxylation is 1. The van der Waals surface area contributed by atoms with Crippen molar-refractivity contribution in [1.29, 1.82) is 0 Å².